The number of halogens is 3. The molecule has 1 aliphatic rings. The van der Waals surface area contributed by atoms with Crippen molar-refractivity contribution in [2.75, 3.05) is 36.9 Å². The zero-order chi connectivity index (χ0) is 12.5. The third-order valence-corrected chi connectivity index (χ3v) is 2.32. The molecule has 0 bridgehead atoms. The number of anilines is 2. The van der Waals surface area contributed by atoms with E-state index < -0.39 is 12.0 Å². The lowest BCUT2D eigenvalue weighted by Gasteiger charge is -2.28. The molecule has 0 aliphatic carbocycles. The number of rotatable bonds is 1. The van der Waals surface area contributed by atoms with Gasteiger partial charge in [0.15, 0.2) is 0 Å². The van der Waals surface area contributed by atoms with Gasteiger partial charge >= 0.3 is 6.18 Å². The Morgan fingerprint density at radius 2 is 1.88 bits per heavy atom. The first-order valence-electron chi connectivity index (χ1n) is 5.01. The molecule has 0 unspecified atom stereocenters. The second kappa shape index (κ2) is 4.36. The van der Waals surface area contributed by atoms with Gasteiger partial charge in [0.05, 0.1) is 13.2 Å². The topological polar surface area (TPSA) is 64.3 Å². The van der Waals surface area contributed by atoms with E-state index in [2.05, 4.69) is 9.97 Å². The molecule has 1 aromatic heterocycles. The van der Waals surface area contributed by atoms with Crippen LogP contribution in [0.2, 0.25) is 0 Å². The van der Waals surface area contributed by atoms with Gasteiger partial charge in [0.1, 0.15) is 11.6 Å². The fraction of sp³-hybridized carbons (Fsp3) is 0.556. The fourth-order valence-corrected chi connectivity index (χ4v) is 1.53. The number of nitrogen functional groups attached to an aromatic ring is 1. The highest BCUT2D eigenvalue weighted by molar-refractivity contribution is 5.47. The van der Waals surface area contributed by atoms with Gasteiger partial charge in [-0.25, -0.2) is 9.97 Å². The number of ether oxygens (including phenoxy) is 1. The summed E-state index contributed by atoms with van der Waals surface area (Å²) in [6.45, 7) is 1.91. The lowest BCUT2D eigenvalue weighted by atomic mass is 10.4. The number of aromatic nitrogens is 2. The van der Waals surface area contributed by atoms with Crippen LogP contribution in [-0.4, -0.2) is 36.3 Å². The average Bonchev–Trinajstić information content (AvgIpc) is 2.28. The van der Waals surface area contributed by atoms with E-state index in [1.807, 2.05) is 0 Å². The summed E-state index contributed by atoms with van der Waals surface area (Å²) < 4.78 is 42.6. The quantitative estimate of drug-likeness (QED) is 0.800. The van der Waals surface area contributed by atoms with Crippen LogP contribution in [0.1, 0.15) is 5.82 Å². The lowest BCUT2D eigenvalue weighted by molar-refractivity contribution is -0.144. The van der Waals surface area contributed by atoms with E-state index in [0.29, 0.717) is 26.3 Å². The Kier molecular flexibility index (Phi) is 3.05. The van der Waals surface area contributed by atoms with E-state index in [9.17, 15) is 13.2 Å². The Morgan fingerprint density at radius 1 is 1.24 bits per heavy atom. The summed E-state index contributed by atoms with van der Waals surface area (Å²) in [7, 11) is 0. The Bertz CT molecular complexity index is 404. The van der Waals surface area contributed by atoms with Crippen LogP contribution < -0.4 is 10.6 Å². The normalized spacial score (nSPS) is 17.2. The fourth-order valence-electron chi connectivity index (χ4n) is 1.53. The predicted octanol–water partition coefficient (Wildman–Crippen LogP) is 0.914. The van der Waals surface area contributed by atoms with E-state index in [1.54, 1.807) is 4.90 Å². The van der Waals surface area contributed by atoms with Crippen molar-refractivity contribution in [2.24, 2.45) is 0 Å². The Labute approximate surface area is 95.4 Å². The first-order valence-corrected chi connectivity index (χ1v) is 5.01. The molecule has 8 heteroatoms. The predicted molar refractivity (Wildman–Crippen MR) is 54.5 cm³/mol. The number of nitrogens with two attached hydrogens (primary N) is 1. The van der Waals surface area contributed by atoms with Crippen LogP contribution in [0, 0.1) is 0 Å². The van der Waals surface area contributed by atoms with Crippen LogP contribution in [-0.2, 0) is 10.9 Å². The second-order valence-corrected chi connectivity index (χ2v) is 3.57. The smallest absolute Gasteiger partial charge is 0.384 e. The van der Waals surface area contributed by atoms with Crippen molar-refractivity contribution >= 4 is 11.6 Å². The first-order chi connectivity index (χ1) is 7.97. The SMILES string of the molecule is Nc1cc(N2CCOCC2)nc(C(F)(F)F)n1. The van der Waals surface area contributed by atoms with Gasteiger partial charge in [0, 0.05) is 19.2 Å². The van der Waals surface area contributed by atoms with Crippen LogP contribution in [0.15, 0.2) is 6.07 Å². The highest BCUT2D eigenvalue weighted by Crippen LogP contribution is 2.28. The second-order valence-electron chi connectivity index (χ2n) is 3.57. The minimum absolute atomic E-state index is 0.186. The third-order valence-electron chi connectivity index (χ3n) is 2.32. The summed E-state index contributed by atoms with van der Waals surface area (Å²) in [5.41, 5.74) is 5.35. The number of hydrogen-bond donors (Lipinski definition) is 1. The van der Waals surface area contributed by atoms with Gasteiger partial charge in [-0.15, -0.1) is 0 Å². The van der Waals surface area contributed by atoms with Crippen molar-refractivity contribution in [3.8, 4) is 0 Å². The number of morpholine rings is 1. The number of alkyl halides is 3. The molecule has 0 amide bonds. The average molecular weight is 248 g/mol. The van der Waals surface area contributed by atoms with E-state index in [-0.39, 0.29) is 11.6 Å². The standard InChI is InChI=1S/C9H11F3N4O/c10-9(11,12)8-14-6(13)5-7(15-8)16-1-3-17-4-2-16/h5H,1-4H2,(H2,13,14,15). The first kappa shape index (κ1) is 11.9. The Hall–Kier alpha value is -1.57. The van der Waals surface area contributed by atoms with E-state index in [0.717, 1.165) is 0 Å². The third kappa shape index (κ3) is 2.76. The Balaban J connectivity index is 2.31. The molecule has 1 saturated heterocycles. The minimum Gasteiger partial charge on any atom is -0.384 e. The molecule has 0 spiro atoms. The molecule has 2 heterocycles. The molecule has 0 saturated carbocycles. The maximum Gasteiger partial charge on any atom is 0.451 e. The highest BCUT2D eigenvalue weighted by atomic mass is 19.4. The summed E-state index contributed by atoms with van der Waals surface area (Å²) >= 11 is 0. The van der Waals surface area contributed by atoms with Gasteiger partial charge in [0.25, 0.3) is 0 Å². The van der Waals surface area contributed by atoms with Crippen LogP contribution in [0.3, 0.4) is 0 Å². The molecule has 94 valence electrons. The summed E-state index contributed by atoms with van der Waals surface area (Å²) in [5, 5.41) is 0. The minimum atomic E-state index is -4.59. The maximum atomic E-state index is 12.5. The number of nitrogens with zero attached hydrogens (tertiary/aromatic N) is 3. The molecule has 2 rings (SSSR count). The van der Waals surface area contributed by atoms with Crippen LogP contribution in [0.4, 0.5) is 24.8 Å². The van der Waals surface area contributed by atoms with Gasteiger partial charge in [-0.1, -0.05) is 0 Å². The Morgan fingerprint density at radius 3 is 2.47 bits per heavy atom. The van der Waals surface area contributed by atoms with E-state index >= 15 is 0 Å². The van der Waals surface area contributed by atoms with Gasteiger partial charge in [-0.3, -0.25) is 0 Å². The van der Waals surface area contributed by atoms with Crippen LogP contribution in [0.25, 0.3) is 0 Å². The molecular weight excluding hydrogens is 237 g/mol. The zero-order valence-corrected chi connectivity index (χ0v) is 8.87. The molecule has 2 N–H and O–H groups in total. The van der Waals surface area contributed by atoms with Gasteiger partial charge in [0.2, 0.25) is 5.82 Å². The molecule has 0 aromatic carbocycles. The van der Waals surface area contributed by atoms with E-state index in [4.69, 9.17) is 10.5 Å². The highest BCUT2D eigenvalue weighted by Gasteiger charge is 2.35. The molecule has 17 heavy (non-hydrogen) atoms. The molecule has 0 atom stereocenters. The van der Waals surface area contributed by atoms with Crippen molar-refractivity contribution < 1.29 is 17.9 Å². The van der Waals surface area contributed by atoms with Gasteiger partial charge in [-0.2, -0.15) is 13.2 Å². The van der Waals surface area contributed by atoms with Crippen LogP contribution >= 0.6 is 0 Å². The molecule has 1 aliphatic heterocycles. The zero-order valence-electron chi connectivity index (χ0n) is 8.87. The molecular formula is C9H11F3N4O. The lowest BCUT2D eigenvalue weighted by Crippen LogP contribution is -2.37. The molecule has 5 nitrogen and oxygen atoms in total. The maximum absolute atomic E-state index is 12.5. The summed E-state index contributed by atoms with van der Waals surface area (Å²) in [6, 6.07) is 1.33. The van der Waals surface area contributed by atoms with Gasteiger partial charge in [-0.05, 0) is 0 Å². The molecule has 0 radical (unpaired) electrons. The van der Waals surface area contributed by atoms with Crippen LogP contribution in [0.5, 0.6) is 0 Å². The monoisotopic (exact) mass is 248 g/mol. The van der Waals surface area contributed by atoms with Crippen molar-refractivity contribution in [2.45, 2.75) is 6.18 Å². The summed E-state index contributed by atoms with van der Waals surface area (Å²) in [6.07, 6.45) is -4.59. The van der Waals surface area contributed by atoms with Gasteiger partial charge < -0.3 is 15.4 Å². The van der Waals surface area contributed by atoms with E-state index in [1.165, 1.54) is 6.07 Å². The molecule has 1 aromatic rings. The van der Waals surface area contributed by atoms with Crippen molar-refractivity contribution in [1.82, 2.24) is 9.97 Å². The van der Waals surface area contributed by atoms with Crippen molar-refractivity contribution in [3.05, 3.63) is 11.9 Å². The van der Waals surface area contributed by atoms with Crippen molar-refractivity contribution in [3.63, 3.8) is 0 Å². The number of hydrogen-bond acceptors (Lipinski definition) is 5. The molecule has 1 fully saturated rings. The summed E-state index contributed by atoms with van der Waals surface area (Å²) in [5.74, 6) is -1.21. The largest absolute Gasteiger partial charge is 0.451 e. The summed E-state index contributed by atoms with van der Waals surface area (Å²) in [4.78, 5) is 8.36. The van der Waals surface area contributed by atoms with Crippen molar-refractivity contribution in [1.29, 1.82) is 0 Å².